The smallest absolute Gasteiger partial charge is 0.248 e. The molecule has 0 radical (unpaired) electrons. The lowest BCUT2D eigenvalue weighted by Crippen LogP contribution is -2.61. The molecule has 0 saturated carbocycles. The third kappa shape index (κ3) is 3.62. The number of ether oxygens (including phenoxy) is 2. The summed E-state index contributed by atoms with van der Waals surface area (Å²) in [6.07, 6.45) is 4.91. The normalized spacial score (nSPS) is 22.8. The van der Waals surface area contributed by atoms with E-state index in [-0.39, 0.29) is 23.4 Å². The predicted molar refractivity (Wildman–Crippen MR) is 85.7 cm³/mol. The summed E-state index contributed by atoms with van der Waals surface area (Å²) in [4.78, 5) is 17.9. The molecule has 2 aliphatic heterocycles. The van der Waals surface area contributed by atoms with Crippen LogP contribution in [-0.4, -0.2) is 58.7 Å². The minimum absolute atomic E-state index is 0.104. The first-order valence-electron chi connectivity index (χ1n) is 7.71. The van der Waals surface area contributed by atoms with Gasteiger partial charge in [0.15, 0.2) is 0 Å². The maximum absolute atomic E-state index is 11.9. The minimum atomic E-state index is 0.104. The highest BCUT2D eigenvalue weighted by molar-refractivity contribution is 8.01. The van der Waals surface area contributed by atoms with Crippen LogP contribution in [0.4, 0.5) is 0 Å². The van der Waals surface area contributed by atoms with Crippen LogP contribution < -0.4 is 0 Å². The lowest BCUT2D eigenvalue weighted by molar-refractivity contribution is -0.141. The Labute approximate surface area is 135 Å². The van der Waals surface area contributed by atoms with Gasteiger partial charge in [0.25, 0.3) is 0 Å². The Morgan fingerprint density at radius 3 is 3.14 bits per heavy atom. The summed E-state index contributed by atoms with van der Waals surface area (Å²) in [6.45, 7) is 4.97. The van der Waals surface area contributed by atoms with Crippen LogP contribution in [0.15, 0.2) is 24.5 Å². The van der Waals surface area contributed by atoms with Crippen molar-refractivity contribution >= 4 is 17.7 Å². The van der Waals surface area contributed by atoms with Crippen molar-refractivity contribution in [3.63, 3.8) is 0 Å². The number of hydrogen-bond acceptors (Lipinski definition) is 5. The molecule has 2 aliphatic rings. The summed E-state index contributed by atoms with van der Waals surface area (Å²) in [5.41, 5.74) is 1.11. The molecule has 5 nitrogen and oxygen atoms in total. The van der Waals surface area contributed by atoms with Gasteiger partial charge in [-0.3, -0.25) is 9.78 Å². The molecular weight excluding hydrogens is 300 g/mol. The Balaban J connectivity index is 1.41. The SMILES string of the molecule is CCOCC(=O)N1CC2(C[C@H](OCc3cccnc3)CS2)C1. The van der Waals surface area contributed by atoms with Crippen molar-refractivity contribution in [2.45, 2.75) is 30.8 Å². The first-order valence-corrected chi connectivity index (χ1v) is 8.69. The molecule has 0 aliphatic carbocycles. The number of thioether (sulfide) groups is 1. The van der Waals surface area contributed by atoms with E-state index in [0.29, 0.717) is 13.2 Å². The monoisotopic (exact) mass is 322 g/mol. The van der Waals surface area contributed by atoms with Gasteiger partial charge in [0.2, 0.25) is 5.91 Å². The lowest BCUT2D eigenvalue weighted by atomic mass is 9.93. The van der Waals surface area contributed by atoms with Gasteiger partial charge >= 0.3 is 0 Å². The Bertz CT molecular complexity index is 505. The number of likely N-dealkylation sites (tertiary alicyclic amines) is 1. The first-order chi connectivity index (χ1) is 10.7. The van der Waals surface area contributed by atoms with Crippen LogP contribution in [0.3, 0.4) is 0 Å². The highest BCUT2D eigenvalue weighted by Gasteiger charge is 2.50. The van der Waals surface area contributed by atoms with Crippen molar-refractivity contribution in [3.8, 4) is 0 Å². The molecule has 3 heterocycles. The fourth-order valence-corrected chi connectivity index (χ4v) is 4.49. The fourth-order valence-electron chi connectivity index (χ4n) is 2.93. The largest absolute Gasteiger partial charge is 0.373 e. The molecule has 2 saturated heterocycles. The molecule has 6 heteroatoms. The molecule has 1 aromatic heterocycles. The molecule has 1 spiro atoms. The zero-order chi connectivity index (χ0) is 15.4. The van der Waals surface area contributed by atoms with E-state index in [4.69, 9.17) is 9.47 Å². The summed E-state index contributed by atoms with van der Waals surface area (Å²) in [7, 11) is 0. The van der Waals surface area contributed by atoms with Gasteiger partial charge < -0.3 is 14.4 Å². The maximum atomic E-state index is 11.9. The standard InChI is InChI=1S/C16H22N2O3S/c1-2-20-9-15(19)18-11-16(12-18)6-14(10-22-16)21-8-13-4-3-5-17-7-13/h3-5,7,14H,2,6,8-12H2,1H3/t14-/m0/s1. The third-order valence-corrected chi connectivity index (χ3v) is 5.70. The first kappa shape index (κ1) is 15.8. The van der Waals surface area contributed by atoms with Gasteiger partial charge in [-0.1, -0.05) is 6.07 Å². The second-order valence-electron chi connectivity index (χ2n) is 5.88. The number of rotatable bonds is 6. The maximum Gasteiger partial charge on any atom is 0.248 e. The van der Waals surface area contributed by atoms with Gasteiger partial charge in [0.05, 0.1) is 17.5 Å². The molecule has 0 unspecified atom stereocenters. The van der Waals surface area contributed by atoms with Crippen molar-refractivity contribution < 1.29 is 14.3 Å². The van der Waals surface area contributed by atoms with Crippen LogP contribution in [0.2, 0.25) is 0 Å². The Morgan fingerprint density at radius 1 is 1.55 bits per heavy atom. The zero-order valence-electron chi connectivity index (χ0n) is 12.9. The van der Waals surface area contributed by atoms with Gasteiger partial charge in [0.1, 0.15) is 6.61 Å². The molecule has 1 aromatic rings. The van der Waals surface area contributed by atoms with Crippen LogP contribution in [-0.2, 0) is 20.9 Å². The van der Waals surface area contributed by atoms with Crippen LogP contribution in [0.5, 0.6) is 0 Å². The average molecular weight is 322 g/mol. The van der Waals surface area contributed by atoms with Gasteiger partial charge in [-0.2, -0.15) is 0 Å². The van der Waals surface area contributed by atoms with Gasteiger partial charge in [0, 0.05) is 37.8 Å². The summed E-state index contributed by atoms with van der Waals surface area (Å²) in [5.74, 6) is 1.11. The van der Waals surface area contributed by atoms with Crippen molar-refractivity contribution in [2.24, 2.45) is 0 Å². The molecule has 0 bridgehead atoms. The van der Waals surface area contributed by atoms with Crippen molar-refractivity contribution in [3.05, 3.63) is 30.1 Å². The fraction of sp³-hybridized carbons (Fsp3) is 0.625. The molecule has 1 amide bonds. The highest BCUT2D eigenvalue weighted by Crippen LogP contribution is 2.46. The third-order valence-electron chi connectivity index (χ3n) is 4.12. The molecular formula is C16H22N2O3S. The van der Waals surface area contributed by atoms with Crippen LogP contribution in [0.25, 0.3) is 0 Å². The molecule has 22 heavy (non-hydrogen) atoms. The van der Waals surface area contributed by atoms with Crippen LogP contribution in [0.1, 0.15) is 18.9 Å². The van der Waals surface area contributed by atoms with E-state index < -0.39 is 0 Å². The van der Waals surface area contributed by atoms with Crippen molar-refractivity contribution in [2.75, 3.05) is 32.1 Å². The van der Waals surface area contributed by atoms with E-state index in [9.17, 15) is 4.79 Å². The minimum Gasteiger partial charge on any atom is -0.373 e. The van der Waals surface area contributed by atoms with E-state index in [1.54, 1.807) is 6.20 Å². The Kier molecular flexibility index (Phi) is 5.00. The highest BCUT2D eigenvalue weighted by atomic mass is 32.2. The zero-order valence-corrected chi connectivity index (χ0v) is 13.7. The van der Waals surface area contributed by atoms with E-state index in [1.807, 2.05) is 41.9 Å². The second kappa shape index (κ2) is 6.98. The molecule has 3 rings (SSSR count). The molecule has 0 N–H and O–H groups in total. The van der Waals surface area contributed by atoms with Crippen LogP contribution in [0, 0.1) is 0 Å². The molecule has 0 aromatic carbocycles. The van der Waals surface area contributed by atoms with E-state index in [2.05, 4.69) is 4.98 Å². The number of nitrogens with zero attached hydrogens (tertiary/aromatic N) is 2. The lowest BCUT2D eigenvalue weighted by Gasteiger charge is -2.47. The van der Waals surface area contributed by atoms with Gasteiger partial charge in [-0.05, 0) is 25.0 Å². The number of hydrogen-bond donors (Lipinski definition) is 0. The second-order valence-corrected chi connectivity index (χ2v) is 7.37. The summed E-state index contributed by atoms with van der Waals surface area (Å²) < 4.78 is 11.4. The number of carbonyl (C=O) groups excluding carboxylic acids is 1. The molecule has 2 fully saturated rings. The van der Waals surface area contributed by atoms with E-state index >= 15 is 0 Å². The quantitative estimate of drug-likeness (QED) is 0.798. The number of amides is 1. The summed E-state index contributed by atoms with van der Waals surface area (Å²) in [5, 5.41) is 0. The van der Waals surface area contributed by atoms with Crippen molar-refractivity contribution in [1.82, 2.24) is 9.88 Å². The summed E-state index contributed by atoms with van der Waals surface area (Å²) in [6, 6.07) is 3.96. The Morgan fingerprint density at radius 2 is 2.41 bits per heavy atom. The van der Waals surface area contributed by atoms with Gasteiger partial charge in [-0.15, -0.1) is 11.8 Å². The Hall–Kier alpha value is -1.11. The molecule has 120 valence electrons. The van der Waals surface area contributed by atoms with E-state index in [0.717, 1.165) is 30.8 Å². The summed E-state index contributed by atoms with van der Waals surface area (Å²) >= 11 is 1.94. The molecule has 1 atom stereocenters. The van der Waals surface area contributed by atoms with Gasteiger partial charge in [-0.25, -0.2) is 0 Å². The number of carbonyl (C=O) groups is 1. The topological polar surface area (TPSA) is 51.7 Å². The van der Waals surface area contributed by atoms with Crippen molar-refractivity contribution in [1.29, 1.82) is 0 Å². The van der Waals surface area contributed by atoms with E-state index in [1.165, 1.54) is 0 Å². The predicted octanol–water partition coefficient (Wildman–Crippen LogP) is 1.72. The number of pyridine rings is 1. The van der Waals surface area contributed by atoms with Crippen LogP contribution >= 0.6 is 11.8 Å². The average Bonchev–Trinajstić information content (AvgIpc) is 2.95. The number of aromatic nitrogens is 1.